The summed E-state index contributed by atoms with van der Waals surface area (Å²) in [6, 6.07) is -2.67. The minimum absolute atomic E-state index is 0.123. The van der Waals surface area contributed by atoms with Gasteiger partial charge in [0.15, 0.2) is 9.84 Å². The highest BCUT2D eigenvalue weighted by Gasteiger charge is 2.25. The summed E-state index contributed by atoms with van der Waals surface area (Å²) in [6.45, 7) is -0.380. The number of aliphatic hydroxyl groups is 1. The van der Waals surface area contributed by atoms with Gasteiger partial charge in [0.2, 0.25) is 0 Å². The lowest BCUT2D eigenvalue weighted by Crippen LogP contribution is -2.49. The van der Waals surface area contributed by atoms with E-state index < -0.39 is 33.9 Å². The second kappa shape index (κ2) is 5.83. The topological polar surface area (TPSA) is 133 Å². The number of carbonyl (C=O) groups excluding carboxylic acids is 1. The van der Waals surface area contributed by atoms with Crippen molar-refractivity contribution in [1.29, 1.82) is 0 Å². The summed E-state index contributed by atoms with van der Waals surface area (Å²) in [6.07, 6.45) is 1.19. The zero-order valence-corrected chi connectivity index (χ0v) is 10.2. The fourth-order valence-electron chi connectivity index (χ4n) is 1.42. The van der Waals surface area contributed by atoms with Crippen molar-refractivity contribution in [2.24, 2.45) is 0 Å². The highest BCUT2D eigenvalue weighted by Crippen LogP contribution is 2.07. The monoisotopic (exact) mass is 278 g/mol. The molecule has 0 aromatic rings. The van der Waals surface area contributed by atoms with Gasteiger partial charge in [-0.25, -0.2) is 18.0 Å². The Morgan fingerprint density at radius 1 is 1.44 bits per heavy atom. The fraction of sp³-hybridized carbons (Fsp3) is 0.556. The molecule has 0 aliphatic carbocycles. The first-order valence-electron chi connectivity index (χ1n) is 5.15. The van der Waals surface area contributed by atoms with Crippen molar-refractivity contribution >= 4 is 21.8 Å². The van der Waals surface area contributed by atoms with Gasteiger partial charge in [0.1, 0.15) is 6.04 Å². The van der Waals surface area contributed by atoms with Crippen LogP contribution in [-0.4, -0.2) is 55.1 Å². The Kier molecular flexibility index (Phi) is 4.68. The van der Waals surface area contributed by atoms with Crippen molar-refractivity contribution in [1.82, 2.24) is 10.6 Å². The number of sulfone groups is 1. The molecule has 4 N–H and O–H groups in total. The number of carboxylic acids is 1. The molecule has 18 heavy (non-hydrogen) atoms. The minimum Gasteiger partial charge on any atom is -0.480 e. The summed E-state index contributed by atoms with van der Waals surface area (Å²) >= 11 is 0. The van der Waals surface area contributed by atoms with Gasteiger partial charge in [-0.15, -0.1) is 0 Å². The SMILES string of the molecule is O=C(NC1C=CS(=O)(=O)C1)N[C@H](CCO)C(=O)O. The van der Waals surface area contributed by atoms with E-state index in [9.17, 15) is 18.0 Å². The average Bonchev–Trinajstić information content (AvgIpc) is 2.57. The van der Waals surface area contributed by atoms with Crippen LogP contribution < -0.4 is 10.6 Å². The second-order valence-corrected chi connectivity index (χ2v) is 5.72. The molecular formula is C9H14N2O6S. The molecule has 0 saturated carbocycles. The molecule has 2 atom stereocenters. The van der Waals surface area contributed by atoms with E-state index in [4.69, 9.17) is 10.2 Å². The standard InChI is InChI=1S/C9H14N2O6S/c12-3-1-7(8(13)14)11-9(15)10-6-2-4-18(16,17)5-6/h2,4,6-7,12H,1,3,5H2,(H,13,14)(H2,10,11,15)/t6?,7-/m1/s1. The molecular weight excluding hydrogens is 264 g/mol. The van der Waals surface area contributed by atoms with Gasteiger partial charge in [-0.05, 0) is 6.08 Å². The smallest absolute Gasteiger partial charge is 0.326 e. The summed E-state index contributed by atoms with van der Waals surface area (Å²) in [7, 11) is -3.28. The molecule has 0 radical (unpaired) electrons. The molecule has 0 aromatic carbocycles. The van der Waals surface area contributed by atoms with Gasteiger partial charge in [-0.1, -0.05) is 0 Å². The lowest BCUT2D eigenvalue weighted by Gasteiger charge is -2.16. The zero-order chi connectivity index (χ0) is 13.8. The zero-order valence-electron chi connectivity index (χ0n) is 9.37. The van der Waals surface area contributed by atoms with Crippen LogP contribution in [0.3, 0.4) is 0 Å². The fourth-order valence-corrected chi connectivity index (χ4v) is 2.66. The number of aliphatic hydroxyl groups excluding tert-OH is 1. The van der Waals surface area contributed by atoms with Crippen LogP contribution in [0.2, 0.25) is 0 Å². The van der Waals surface area contributed by atoms with E-state index in [2.05, 4.69) is 10.6 Å². The third-order valence-corrected chi connectivity index (χ3v) is 3.66. The Morgan fingerprint density at radius 3 is 2.56 bits per heavy atom. The third-order valence-electron chi connectivity index (χ3n) is 2.27. The summed E-state index contributed by atoms with van der Waals surface area (Å²) in [5.74, 6) is -1.51. The van der Waals surface area contributed by atoms with Gasteiger partial charge >= 0.3 is 12.0 Å². The van der Waals surface area contributed by atoms with Crippen LogP contribution >= 0.6 is 0 Å². The number of urea groups is 1. The van der Waals surface area contributed by atoms with E-state index in [0.717, 1.165) is 5.41 Å². The van der Waals surface area contributed by atoms with Crippen LogP contribution in [0.4, 0.5) is 4.79 Å². The molecule has 2 amide bonds. The molecule has 1 rings (SSSR count). The maximum absolute atomic E-state index is 11.4. The Hall–Kier alpha value is -1.61. The maximum atomic E-state index is 11.4. The van der Waals surface area contributed by atoms with E-state index in [1.54, 1.807) is 0 Å². The van der Waals surface area contributed by atoms with Gasteiger partial charge in [-0.3, -0.25) is 0 Å². The van der Waals surface area contributed by atoms with Gasteiger partial charge < -0.3 is 20.8 Å². The Labute approximate surface area is 104 Å². The van der Waals surface area contributed by atoms with Crippen molar-refractivity contribution < 1.29 is 28.2 Å². The predicted molar refractivity (Wildman–Crippen MR) is 61.5 cm³/mol. The highest BCUT2D eigenvalue weighted by molar-refractivity contribution is 7.94. The lowest BCUT2D eigenvalue weighted by molar-refractivity contribution is -0.139. The van der Waals surface area contributed by atoms with E-state index in [1.165, 1.54) is 6.08 Å². The molecule has 1 aliphatic heterocycles. The lowest BCUT2D eigenvalue weighted by atomic mass is 10.2. The van der Waals surface area contributed by atoms with Crippen LogP contribution in [0.25, 0.3) is 0 Å². The predicted octanol–water partition coefficient (Wildman–Crippen LogP) is -1.57. The number of rotatable bonds is 5. The summed E-state index contributed by atoms with van der Waals surface area (Å²) in [4.78, 5) is 22.1. The number of hydrogen-bond donors (Lipinski definition) is 4. The van der Waals surface area contributed by atoms with Gasteiger partial charge in [0, 0.05) is 18.4 Å². The van der Waals surface area contributed by atoms with Crippen LogP contribution in [0, 0.1) is 0 Å². The maximum Gasteiger partial charge on any atom is 0.326 e. The van der Waals surface area contributed by atoms with Crippen molar-refractivity contribution in [2.45, 2.75) is 18.5 Å². The van der Waals surface area contributed by atoms with Crippen LogP contribution in [0.1, 0.15) is 6.42 Å². The molecule has 0 spiro atoms. The minimum atomic E-state index is -3.28. The Morgan fingerprint density at radius 2 is 2.11 bits per heavy atom. The third kappa shape index (κ3) is 4.34. The van der Waals surface area contributed by atoms with Crippen LogP contribution in [-0.2, 0) is 14.6 Å². The first kappa shape index (κ1) is 14.5. The molecule has 1 aliphatic rings. The van der Waals surface area contributed by atoms with E-state index in [0.29, 0.717) is 0 Å². The van der Waals surface area contributed by atoms with Crippen molar-refractivity contribution in [3.63, 3.8) is 0 Å². The molecule has 1 unspecified atom stereocenters. The van der Waals surface area contributed by atoms with Crippen LogP contribution in [0.15, 0.2) is 11.5 Å². The Balaban J connectivity index is 2.47. The molecule has 0 saturated heterocycles. The molecule has 8 nitrogen and oxygen atoms in total. The van der Waals surface area contributed by atoms with Crippen LogP contribution in [0.5, 0.6) is 0 Å². The number of carboxylic acid groups (broad SMARTS) is 1. The Bertz CT molecular complexity index is 458. The average molecular weight is 278 g/mol. The normalized spacial score (nSPS) is 22.4. The molecule has 0 fully saturated rings. The van der Waals surface area contributed by atoms with Gasteiger partial charge in [-0.2, -0.15) is 0 Å². The quantitative estimate of drug-likeness (QED) is 0.480. The first-order valence-corrected chi connectivity index (χ1v) is 6.87. The molecule has 0 bridgehead atoms. The van der Waals surface area contributed by atoms with Crippen molar-refractivity contribution in [3.05, 3.63) is 11.5 Å². The summed E-state index contributed by atoms with van der Waals surface area (Å²) < 4.78 is 22.1. The first-order chi connectivity index (χ1) is 8.34. The number of nitrogens with one attached hydrogen (secondary N) is 2. The number of hydrogen-bond acceptors (Lipinski definition) is 5. The van der Waals surface area contributed by atoms with E-state index in [-0.39, 0.29) is 18.8 Å². The molecule has 102 valence electrons. The number of carbonyl (C=O) groups is 2. The van der Waals surface area contributed by atoms with Crippen molar-refractivity contribution in [2.75, 3.05) is 12.4 Å². The number of amides is 2. The summed E-state index contributed by atoms with van der Waals surface area (Å²) in [5.41, 5.74) is 0. The van der Waals surface area contributed by atoms with Gasteiger partial charge in [0.25, 0.3) is 0 Å². The highest BCUT2D eigenvalue weighted by atomic mass is 32.2. The van der Waals surface area contributed by atoms with E-state index >= 15 is 0 Å². The second-order valence-electron chi connectivity index (χ2n) is 3.79. The van der Waals surface area contributed by atoms with E-state index in [1.807, 2.05) is 0 Å². The largest absolute Gasteiger partial charge is 0.480 e. The molecule has 9 heteroatoms. The van der Waals surface area contributed by atoms with Gasteiger partial charge in [0.05, 0.1) is 11.8 Å². The number of aliphatic carboxylic acids is 1. The molecule has 1 heterocycles. The molecule has 0 aromatic heterocycles. The van der Waals surface area contributed by atoms with Crippen molar-refractivity contribution in [3.8, 4) is 0 Å². The summed E-state index contributed by atoms with van der Waals surface area (Å²) in [5, 5.41) is 22.8.